The highest BCUT2D eigenvalue weighted by Gasteiger charge is 2.15. The highest BCUT2D eigenvalue weighted by Crippen LogP contribution is 2.30. The van der Waals surface area contributed by atoms with Gasteiger partial charge in [0.15, 0.2) is 0 Å². The molecule has 1 N–H and O–H groups in total. The summed E-state index contributed by atoms with van der Waals surface area (Å²) in [5.41, 5.74) is 3.85. The number of fused-ring (bicyclic) bond motifs is 1. The summed E-state index contributed by atoms with van der Waals surface area (Å²) in [6.07, 6.45) is 6.08. The first-order valence-electron chi connectivity index (χ1n) is 8.48. The van der Waals surface area contributed by atoms with Crippen LogP contribution in [0.3, 0.4) is 0 Å². The van der Waals surface area contributed by atoms with Gasteiger partial charge in [-0.2, -0.15) is 0 Å². The molecule has 1 aliphatic rings. The predicted molar refractivity (Wildman–Crippen MR) is 93.4 cm³/mol. The minimum atomic E-state index is 0.703. The van der Waals surface area contributed by atoms with Crippen LogP contribution in [0.4, 0.5) is 0 Å². The van der Waals surface area contributed by atoms with E-state index in [1.54, 1.807) is 0 Å². The van der Waals surface area contributed by atoms with Crippen molar-refractivity contribution in [2.24, 2.45) is 0 Å². The number of H-pyrrole nitrogens is 1. The molecule has 1 aromatic heterocycles. The van der Waals surface area contributed by atoms with Gasteiger partial charge in [-0.25, -0.2) is 0 Å². The molecule has 0 amide bonds. The van der Waals surface area contributed by atoms with Crippen LogP contribution in [-0.2, 0) is 0 Å². The summed E-state index contributed by atoms with van der Waals surface area (Å²) in [6.45, 7) is 8.45. The van der Waals surface area contributed by atoms with Gasteiger partial charge < -0.3 is 9.72 Å². The molecule has 0 bridgehead atoms. The van der Waals surface area contributed by atoms with Crippen LogP contribution in [0.15, 0.2) is 30.3 Å². The van der Waals surface area contributed by atoms with Crippen molar-refractivity contribution in [3.63, 3.8) is 0 Å². The molecule has 3 rings (SSSR count). The van der Waals surface area contributed by atoms with Gasteiger partial charge in [-0.05, 0) is 50.1 Å². The molecule has 0 unspecified atom stereocenters. The van der Waals surface area contributed by atoms with Crippen LogP contribution in [0.25, 0.3) is 16.5 Å². The topological polar surface area (TPSA) is 28.3 Å². The lowest BCUT2D eigenvalue weighted by Gasteiger charge is -2.25. The second-order valence-electron chi connectivity index (χ2n) is 5.97. The fourth-order valence-electron chi connectivity index (χ4n) is 3.12. The van der Waals surface area contributed by atoms with Gasteiger partial charge in [-0.1, -0.05) is 25.5 Å². The highest BCUT2D eigenvalue weighted by atomic mass is 16.5. The first-order chi connectivity index (χ1) is 10.8. The van der Waals surface area contributed by atoms with Gasteiger partial charge in [-0.3, -0.25) is 4.90 Å². The normalized spacial score (nSPS) is 16.0. The van der Waals surface area contributed by atoms with E-state index >= 15 is 0 Å². The second-order valence-corrected chi connectivity index (χ2v) is 5.97. The fraction of sp³-hybridized carbons (Fsp3) is 0.474. The standard InChI is InChI=1S/C19H26N2O/c1-3-5-11-21-12-9-15(10-13-21)18-14-16-17(20-18)7-6-8-19(16)22-4-2/h6-9,14,20H,3-5,10-13H2,1-2H3. The van der Waals surface area contributed by atoms with Gasteiger partial charge in [0.25, 0.3) is 0 Å². The number of nitrogens with zero attached hydrogens (tertiary/aromatic N) is 1. The Morgan fingerprint density at radius 1 is 1.27 bits per heavy atom. The summed E-state index contributed by atoms with van der Waals surface area (Å²) in [4.78, 5) is 6.10. The molecule has 0 atom stereocenters. The summed E-state index contributed by atoms with van der Waals surface area (Å²) in [6, 6.07) is 8.46. The number of aromatic nitrogens is 1. The number of rotatable bonds is 6. The Hall–Kier alpha value is -1.74. The van der Waals surface area contributed by atoms with Crippen molar-refractivity contribution in [3.05, 3.63) is 36.0 Å². The zero-order chi connectivity index (χ0) is 15.4. The maximum absolute atomic E-state index is 5.73. The molecular weight excluding hydrogens is 272 g/mol. The predicted octanol–water partition coefficient (Wildman–Crippen LogP) is 4.46. The minimum Gasteiger partial charge on any atom is -0.493 e. The lowest BCUT2D eigenvalue weighted by Crippen LogP contribution is -2.29. The molecule has 0 saturated heterocycles. The van der Waals surface area contributed by atoms with Crippen LogP contribution in [0, 0.1) is 0 Å². The Labute approximate surface area is 133 Å². The van der Waals surface area contributed by atoms with Crippen molar-refractivity contribution in [2.45, 2.75) is 33.1 Å². The van der Waals surface area contributed by atoms with Crippen molar-refractivity contribution in [1.29, 1.82) is 0 Å². The summed E-state index contributed by atoms with van der Waals surface area (Å²) in [7, 11) is 0. The average Bonchev–Trinajstić information content (AvgIpc) is 2.99. The molecule has 0 fully saturated rings. The zero-order valence-electron chi connectivity index (χ0n) is 13.7. The van der Waals surface area contributed by atoms with E-state index in [0.717, 1.165) is 24.2 Å². The third-order valence-electron chi connectivity index (χ3n) is 4.39. The third kappa shape index (κ3) is 3.20. The lowest BCUT2D eigenvalue weighted by atomic mass is 10.0. The highest BCUT2D eigenvalue weighted by molar-refractivity contribution is 5.89. The molecule has 3 heteroatoms. The van der Waals surface area contributed by atoms with Crippen LogP contribution < -0.4 is 4.74 Å². The van der Waals surface area contributed by atoms with Crippen molar-refractivity contribution in [2.75, 3.05) is 26.2 Å². The third-order valence-corrected chi connectivity index (χ3v) is 4.39. The van der Waals surface area contributed by atoms with Crippen molar-refractivity contribution in [1.82, 2.24) is 9.88 Å². The van der Waals surface area contributed by atoms with Gasteiger partial charge >= 0.3 is 0 Å². The van der Waals surface area contributed by atoms with Crippen LogP contribution >= 0.6 is 0 Å². The van der Waals surface area contributed by atoms with Crippen LogP contribution in [0.1, 0.15) is 38.8 Å². The molecule has 1 aromatic carbocycles. The monoisotopic (exact) mass is 298 g/mol. The number of hydrogen-bond acceptors (Lipinski definition) is 2. The zero-order valence-corrected chi connectivity index (χ0v) is 13.7. The molecule has 0 saturated carbocycles. The Morgan fingerprint density at radius 3 is 2.91 bits per heavy atom. The second kappa shape index (κ2) is 7.01. The Morgan fingerprint density at radius 2 is 2.18 bits per heavy atom. The van der Waals surface area contributed by atoms with Crippen LogP contribution in [0.5, 0.6) is 5.75 Å². The maximum Gasteiger partial charge on any atom is 0.128 e. The Balaban J connectivity index is 1.79. The lowest BCUT2D eigenvalue weighted by molar-refractivity contribution is 0.297. The van der Waals surface area contributed by atoms with Crippen LogP contribution in [-0.4, -0.2) is 36.1 Å². The number of ether oxygens (including phenoxy) is 1. The molecule has 22 heavy (non-hydrogen) atoms. The average molecular weight is 298 g/mol. The van der Waals surface area contributed by atoms with E-state index in [9.17, 15) is 0 Å². The molecule has 0 spiro atoms. The molecular formula is C19H26N2O. The maximum atomic E-state index is 5.73. The number of hydrogen-bond donors (Lipinski definition) is 1. The van der Waals surface area contributed by atoms with Crippen molar-refractivity contribution >= 4 is 16.5 Å². The molecule has 3 nitrogen and oxygen atoms in total. The Bertz CT molecular complexity index is 656. The number of unbranched alkanes of at least 4 members (excludes halogenated alkanes) is 1. The van der Waals surface area contributed by atoms with Crippen molar-refractivity contribution in [3.8, 4) is 5.75 Å². The molecule has 0 radical (unpaired) electrons. The molecule has 0 aliphatic carbocycles. The van der Waals surface area contributed by atoms with Crippen molar-refractivity contribution < 1.29 is 4.74 Å². The SMILES string of the molecule is CCCCN1CC=C(c2cc3c(OCC)cccc3[nH]2)CC1. The summed E-state index contributed by atoms with van der Waals surface area (Å²) >= 11 is 0. The largest absolute Gasteiger partial charge is 0.493 e. The Kier molecular flexibility index (Phi) is 4.84. The number of nitrogens with one attached hydrogen (secondary N) is 1. The first-order valence-corrected chi connectivity index (χ1v) is 8.48. The summed E-state index contributed by atoms with van der Waals surface area (Å²) in [5.74, 6) is 0.975. The van der Waals surface area contributed by atoms with E-state index < -0.39 is 0 Å². The van der Waals surface area contributed by atoms with E-state index in [0.29, 0.717) is 6.61 Å². The summed E-state index contributed by atoms with van der Waals surface area (Å²) < 4.78 is 5.73. The van der Waals surface area contributed by atoms with Gasteiger partial charge in [-0.15, -0.1) is 0 Å². The minimum absolute atomic E-state index is 0.703. The van der Waals surface area contributed by atoms with E-state index in [2.05, 4.69) is 41.1 Å². The molecule has 118 valence electrons. The van der Waals surface area contributed by atoms with E-state index in [4.69, 9.17) is 4.74 Å². The smallest absolute Gasteiger partial charge is 0.128 e. The number of aromatic amines is 1. The van der Waals surface area contributed by atoms with Gasteiger partial charge in [0, 0.05) is 29.7 Å². The van der Waals surface area contributed by atoms with Crippen LogP contribution in [0.2, 0.25) is 0 Å². The quantitative estimate of drug-likeness (QED) is 0.853. The van der Waals surface area contributed by atoms with Gasteiger partial charge in [0.1, 0.15) is 5.75 Å². The number of benzene rings is 1. The van der Waals surface area contributed by atoms with E-state index in [1.807, 2.05) is 13.0 Å². The first kappa shape index (κ1) is 15.2. The van der Waals surface area contributed by atoms with E-state index in [-0.39, 0.29) is 0 Å². The molecule has 1 aliphatic heterocycles. The fourth-order valence-corrected chi connectivity index (χ4v) is 3.12. The molecule has 2 heterocycles. The molecule has 2 aromatic rings. The van der Waals surface area contributed by atoms with Gasteiger partial charge in [0.05, 0.1) is 6.61 Å². The van der Waals surface area contributed by atoms with Gasteiger partial charge in [0.2, 0.25) is 0 Å². The summed E-state index contributed by atoms with van der Waals surface area (Å²) in [5, 5.41) is 1.19. The van der Waals surface area contributed by atoms with E-state index in [1.165, 1.54) is 42.6 Å².